The van der Waals surface area contributed by atoms with Gasteiger partial charge < -0.3 is 4.98 Å². The zero-order valence-corrected chi connectivity index (χ0v) is 18.5. The number of aromatic nitrogens is 4. The zero-order chi connectivity index (χ0) is 25.2. The van der Waals surface area contributed by atoms with Crippen LogP contribution in [0.4, 0.5) is 30.7 Å². The average molecular weight is 508 g/mol. The Bertz CT molecular complexity index is 1390. The number of aromatic amines is 1. The number of alkyl halides is 6. The molecule has 0 amide bonds. The molecule has 2 aromatic heterocycles. The first-order chi connectivity index (χ1) is 15.6. The van der Waals surface area contributed by atoms with E-state index in [0.29, 0.717) is 0 Å². The first kappa shape index (κ1) is 27.2. The molecule has 0 spiro atoms. The average Bonchev–Trinajstić information content (AvgIpc) is 3.26. The summed E-state index contributed by atoms with van der Waals surface area (Å²) < 4.78 is 99.1. The van der Waals surface area contributed by atoms with Gasteiger partial charge in [0.1, 0.15) is 17.1 Å². The summed E-state index contributed by atoms with van der Waals surface area (Å²) in [5.41, 5.74) is -4.96. The van der Waals surface area contributed by atoms with Crippen LogP contribution in [0.2, 0.25) is 0 Å². The first-order valence-corrected chi connectivity index (χ1v) is 10.1. The fraction of sp³-hybridized carbons (Fsp3) is 0.304. The topological polar surface area (TPSA) is 46.5 Å². The van der Waals surface area contributed by atoms with Gasteiger partial charge in [0, 0.05) is 18.0 Å². The van der Waals surface area contributed by atoms with Gasteiger partial charge in [-0.25, -0.2) is 9.37 Å². The molecule has 0 aliphatic carbocycles. The summed E-state index contributed by atoms with van der Waals surface area (Å²) in [5.74, 6) is -1.17. The van der Waals surface area contributed by atoms with Crippen LogP contribution in [0, 0.1) is 5.82 Å². The molecule has 35 heavy (non-hydrogen) atoms. The number of imidazole rings is 1. The van der Waals surface area contributed by atoms with Crippen LogP contribution < -0.4 is 0 Å². The van der Waals surface area contributed by atoms with Crippen molar-refractivity contribution in [3.8, 4) is 22.6 Å². The monoisotopic (exact) mass is 508 g/mol. The summed E-state index contributed by atoms with van der Waals surface area (Å²) >= 11 is 0. The molecule has 2 aromatic carbocycles. The van der Waals surface area contributed by atoms with Gasteiger partial charge in [-0.05, 0) is 23.8 Å². The summed E-state index contributed by atoms with van der Waals surface area (Å²) in [7, 11) is 1.27. The van der Waals surface area contributed by atoms with Crippen molar-refractivity contribution in [2.45, 2.75) is 38.5 Å². The Morgan fingerprint density at radius 2 is 1.54 bits per heavy atom. The fourth-order valence-corrected chi connectivity index (χ4v) is 3.89. The predicted molar refractivity (Wildman–Crippen MR) is 120 cm³/mol. The minimum absolute atomic E-state index is 0. The molecule has 4 aromatic rings. The van der Waals surface area contributed by atoms with Crippen molar-refractivity contribution in [2.75, 3.05) is 0 Å². The van der Waals surface area contributed by atoms with Gasteiger partial charge in [0.15, 0.2) is 5.82 Å². The van der Waals surface area contributed by atoms with Crippen molar-refractivity contribution in [3.63, 3.8) is 0 Å². The third-order valence-corrected chi connectivity index (χ3v) is 5.35. The van der Waals surface area contributed by atoms with Crippen molar-refractivity contribution in [1.29, 1.82) is 0 Å². The molecule has 0 bridgehead atoms. The molecule has 0 atom stereocenters. The molecule has 0 radical (unpaired) electrons. The van der Waals surface area contributed by atoms with Crippen LogP contribution in [0.15, 0.2) is 36.4 Å². The second-order valence-electron chi connectivity index (χ2n) is 8.92. The van der Waals surface area contributed by atoms with Crippen molar-refractivity contribution in [2.24, 2.45) is 7.05 Å². The van der Waals surface area contributed by atoms with Gasteiger partial charge in [0.2, 0.25) is 0 Å². The van der Waals surface area contributed by atoms with Crippen molar-refractivity contribution in [3.05, 3.63) is 59.0 Å². The molecule has 0 saturated heterocycles. The first-order valence-electron chi connectivity index (χ1n) is 10.1. The SMILES string of the molecule is Cn1nc(C(C)(C)C)c(C(F)(F)F)c1-c1nc2cc(-c3ccccc3F)cc(C(F)(F)F)c2[nH]1.[NaH]. The van der Waals surface area contributed by atoms with Gasteiger partial charge in [-0.15, -0.1) is 0 Å². The number of halogens is 7. The van der Waals surface area contributed by atoms with Crippen LogP contribution in [-0.2, 0) is 24.8 Å². The zero-order valence-electron chi connectivity index (χ0n) is 18.5. The van der Waals surface area contributed by atoms with Crippen molar-refractivity contribution >= 4 is 40.6 Å². The van der Waals surface area contributed by atoms with E-state index in [1.165, 1.54) is 31.3 Å². The van der Waals surface area contributed by atoms with Gasteiger partial charge in [0.05, 0.1) is 22.3 Å². The van der Waals surface area contributed by atoms with Crippen LogP contribution in [-0.4, -0.2) is 49.3 Å². The Balaban J connectivity index is 0.00000342. The van der Waals surface area contributed by atoms with E-state index in [-0.39, 0.29) is 51.9 Å². The Morgan fingerprint density at radius 3 is 2.09 bits per heavy atom. The van der Waals surface area contributed by atoms with E-state index in [2.05, 4.69) is 15.1 Å². The molecule has 182 valence electrons. The van der Waals surface area contributed by atoms with Crippen molar-refractivity contribution in [1.82, 2.24) is 19.7 Å². The normalized spacial score (nSPS) is 12.8. The predicted octanol–water partition coefficient (Wildman–Crippen LogP) is 6.46. The molecule has 4 nitrogen and oxygen atoms in total. The molecule has 0 aliphatic heterocycles. The Hall–Kier alpha value is -2.37. The summed E-state index contributed by atoms with van der Waals surface area (Å²) in [6.07, 6.45) is -9.71. The molecule has 4 rings (SSSR count). The van der Waals surface area contributed by atoms with Crippen LogP contribution in [0.3, 0.4) is 0 Å². The van der Waals surface area contributed by atoms with Gasteiger partial charge in [-0.1, -0.05) is 39.0 Å². The summed E-state index contributed by atoms with van der Waals surface area (Å²) in [4.78, 5) is 6.48. The van der Waals surface area contributed by atoms with Gasteiger partial charge in [0.25, 0.3) is 0 Å². The molecular formula is C23H20F7N4Na. The van der Waals surface area contributed by atoms with Gasteiger partial charge in [-0.2, -0.15) is 31.4 Å². The van der Waals surface area contributed by atoms with E-state index < -0.39 is 51.7 Å². The maximum atomic E-state index is 14.3. The van der Waals surface area contributed by atoms with Crippen LogP contribution in [0.1, 0.15) is 37.6 Å². The van der Waals surface area contributed by atoms with E-state index in [4.69, 9.17) is 0 Å². The fourth-order valence-electron chi connectivity index (χ4n) is 3.89. The molecule has 0 aliphatic rings. The Morgan fingerprint density at radius 1 is 0.914 bits per heavy atom. The van der Waals surface area contributed by atoms with Crippen LogP contribution in [0.5, 0.6) is 0 Å². The van der Waals surface area contributed by atoms with E-state index in [1.807, 2.05) is 0 Å². The molecular weight excluding hydrogens is 488 g/mol. The molecule has 2 heterocycles. The number of hydrogen-bond donors (Lipinski definition) is 1. The Labute approximate surface area is 217 Å². The molecule has 12 heteroatoms. The number of fused-ring (bicyclic) bond motifs is 1. The van der Waals surface area contributed by atoms with Crippen LogP contribution in [0.25, 0.3) is 33.7 Å². The van der Waals surface area contributed by atoms with E-state index in [9.17, 15) is 30.7 Å². The molecule has 1 N–H and O–H groups in total. The standard InChI is InChI=1S/C23H19F7N4.Na.H/c1-21(2,3)19-16(23(28,29)30)18(34(4)33-19)20-31-15-10-11(12-7-5-6-8-14(12)24)9-13(17(15)32-20)22(25,26)27;;/h5-10H,1-4H3,(H,31,32);;. The molecule has 0 fully saturated rings. The Kier molecular flexibility index (Phi) is 6.95. The molecule has 0 unspecified atom stereocenters. The van der Waals surface area contributed by atoms with Gasteiger partial charge >= 0.3 is 41.9 Å². The molecule has 0 saturated carbocycles. The third kappa shape index (κ3) is 4.99. The van der Waals surface area contributed by atoms with E-state index >= 15 is 0 Å². The number of nitrogens with zero attached hydrogens (tertiary/aromatic N) is 3. The maximum absolute atomic E-state index is 14.3. The third-order valence-electron chi connectivity index (χ3n) is 5.35. The van der Waals surface area contributed by atoms with E-state index in [0.717, 1.165) is 16.8 Å². The van der Waals surface area contributed by atoms with Crippen molar-refractivity contribution < 1.29 is 30.7 Å². The number of rotatable bonds is 2. The number of hydrogen-bond acceptors (Lipinski definition) is 2. The van der Waals surface area contributed by atoms with Gasteiger partial charge in [-0.3, -0.25) is 4.68 Å². The number of H-pyrrole nitrogens is 1. The number of aryl methyl sites for hydroxylation is 1. The summed E-state index contributed by atoms with van der Waals surface area (Å²) in [5, 5.41) is 4.01. The summed E-state index contributed by atoms with van der Waals surface area (Å²) in [6.45, 7) is 4.65. The van der Waals surface area contributed by atoms with E-state index in [1.54, 1.807) is 20.8 Å². The second-order valence-corrected chi connectivity index (χ2v) is 8.92. The number of nitrogens with one attached hydrogen (secondary N) is 1. The number of benzene rings is 2. The van der Waals surface area contributed by atoms with Crippen LogP contribution >= 0.6 is 0 Å². The summed E-state index contributed by atoms with van der Waals surface area (Å²) in [6, 6.07) is 7.22. The minimum atomic E-state index is -4.88. The quantitative estimate of drug-likeness (QED) is 0.250. The second kappa shape index (κ2) is 8.94.